The maximum Gasteiger partial charge on any atom is 0.412 e. The zero-order valence-electron chi connectivity index (χ0n) is 6.49. The van der Waals surface area contributed by atoms with Crippen molar-refractivity contribution < 1.29 is 19.1 Å². The first-order valence-electron chi connectivity index (χ1n) is 3.45. The predicted octanol–water partition coefficient (Wildman–Crippen LogP) is 0.125. The number of ether oxygens (including phenoxy) is 2. The molecular weight excluding hydrogens is 162 g/mol. The van der Waals surface area contributed by atoms with Gasteiger partial charge in [-0.1, -0.05) is 6.58 Å². The number of hydrogen-bond donors (Lipinski definition) is 0. The molecule has 5 heteroatoms. The third kappa shape index (κ3) is 1.98. The van der Waals surface area contributed by atoms with Crippen molar-refractivity contribution in [2.24, 2.45) is 0 Å². The van der Waals surface area contributed by atoms with Crippen LogP contribution in [0.1, 0.15) is 0 Å². The van der Waals surface area contributed by atoms with Gasteiger partial charge in [0.25, 0.3) is 0 Å². The number of cyclic esters (lactones) is 1. The first-order valence-corrected chi connectivity index (χ1v) is 3.45. The first-order chi connectivity index (χ1) is 5.74. The van der Waals surface area contributed by atoms with Crippen molar-refractivity contribution in [3.63, 3.8) is 0 Å². The zero-order chi connectivity index (χ0) is 8.97. The molecule has 1 fully saturated rings. The van der Waals surface area contributed by atoms with Crippen molar-refractivity contribution in [3.05, 3.63) is 12.7 Å². The highest BCUT2D eigenvalue weighted by Gasteiger charge is 2.22. The maximum absolute atomic E-state index is 10.8. The van der Waals surface area contributed by atoms with Gasteiger partial charge in [-0.2, -0.15) is 0 Å². The molecule has 0 bridgehead atoms. The molecule has 1 rings (SSSR count). The Kier molecular flexibility index (Phi) is 2.68. The predicted molar refractivity (Wildman–Crippen MR) is 39.2 cm³/mol. The standard InChI is InChI=1S/C7H9NO4/c1-2-6(9)12-5-8-3-4-11-7(8)10/h2H,1,3-5H2. The molecule has 0 aromatic heterocycles. The molecule has 0 radical (unpaired) electrons. The Morgan fingerprint density at radius 1 is 1.83 bits per heavy atom. The summed E-state index contributed by atoms with van der Waals surface area (Å²) in [6.07, 6.45) is 0.591. The lowest BCUT2D eigenvalue weighted by Crippen LogP contribution is -2.28. The van der Waals surface area contributed by atoms with Gasteiger partial charge < -0.3 is 9.47 Å². The van der Waals surface area contributed by atoms with Crippen molar-refractivity contribution in [2.45, 2.75) is 0 Å². The molecule has 0 spiro atoms. The zero-order valence-corrected chi connectivity index (χ0v) is 6.49. The van der Waals surface area contributed by atoms with Crippen molar-refractivity contribution in [1.29, 1.82) is 0 Å². The Balaban J connectivity index is 2.27. The van der Waals surface area contributed by atoms with Crippen molar-refractivity contribution in [3.8, 4) is 0 Å². The fourth-order valence-electron chi connectivity index (χ4n) is 0.743. The lowest BCUT2D eigenvalue weighted by molar-refractivity contribution is -0.140. The van der Waals surface area contributed by atoms with Crippen LogP contribution >= 0.6 is 0 Å². The molecule has 0 N–H and O–H groups in total. The van der Waals surface area contributed by atoms with E-state index in [9.17, 15) is 9.59 Å². The van der Waals surface area contributed by atoms with E-state index in [1.807, 2.05) is 0 Å². The third-order valence-corrected chi connectivity index (χ3v) is 1.37. The summed E-state index contributed by atoms with van der Waals surface area (Å²) < 4.78 is 9.21. The fraction of sp³-hybridized carbons (Fsp3) is 0.429. The summed E-state index contributed by atoms with van der Waals surface area (Å²) in [4.78, 5) is 22.6. The summed E-state index contributed by atoms with van der Waals surface area (Å²) >= 11 is 0. The quantitative estimate of drug-likeness (QED) is 0.447. The van der Waals surface area contributed by atoms with E-state index in [2.05, 4.69) is 16.1 Å². The van der Waals surface area contributed by atoms with E-state index in [1.54, 1.807) is 0 Å². The van der Waals surface area contributed by atoms with Crippen LogP contribution < -0.4 is 0 Å². The van der Waals surface area contributed by atoms with Crippen LogP contribution in [0.3, 0.4) is 0 Å². The summed E-state index contributed by atoms with van der Waals surface area (Å²) in [5.74, 6) is -0.547. The topological polar surface area (TPSA) is 55.8 Å². The summed E-state index contributed by atoms with van der Waals surface area (Å²) in [6.45, 7) is 3.96. The van der Waals surface area contributed by atoms with E-state index in [0.717, 1.165) is 6.08 Å². The second-order valence-electron chi connectivity index (χ2n) is 2.17. The maximum atomic E-state index is 10.8. The summed E-state index contributed by atoms with van der Waals surface area (Å²) in [7, 11) is 0. The third-order valence-electron chi connectivity index (χ3n) is 1.37. The lowest BCUT2D eigenvalue weighted by Gasteiger charge is -2.10. The molecule has 1 amide bonds. The molecule has 0 aromatic carbocycles. The van der Waals surface area contributed by atoms with E-state index in [-0.39, 0.29) is 6.73 Å². The minimum atomic E-state index is -0.547. The highest BCUT2D eigenvalue weighted by Crippen LogP contribution is 2.02. The molecule has 1 saturated heterocycles. The molecule has 66 valence electrons. The van der Waals surface area contributed by atoms with Gasteiger partial charge in [-0.15, -0.1) is 0 Å². The molecule has 0 saturated carbocycles. The van der Waals surface area contributed by atoms with Gasteiger partial charge in [-0.05, 0) is 0 Å². The highest BCUT2D eigenvalue weighted by molar-refractivity contribution is 5.81. The van der Waals surface area contributed by atoms with Gasteiger partial charge in [0.1, 0.15) is 6.61 Å². The Bertz CT molecular complexity index is 213. The Morgan fingerprint density at radius 3 is 3.08 bits per heavy atom. The van der Waals surface area contributed by atoms with Crippen LogP contribution in [-0.2, 0) is 14.3 Å². The molecule has 12 heavy (non-hydrogen) atoms. The smallest absolute Gasteiger partial charge is 0.412 e. The number of amides is 1. The molecule has 0 atom stereocenters. The van der Waals surface area contributed by atoms with Gasteiger partial charge >= 0.3 is 12.1 Å². The highest BCUT2D eigenvalue weighted by atomic mass is 16.6. The number of hydrogen-bond acceptors (Lipinski definition) is 4. The molecule has 1 heterocycles. The van der Waals surface area contributed by atoms with Crippen LogP contribution in [0.25, 0.3) is 0 Å². The summed E-state index contributed by atoms with van der Waals surface area (Å²) in [5, 5.41) is 0. The van der Waals surface area contributed by atoms with Gasteiger partial charge in [0.2, 0.25) is 0 Å². The molecule has 1 aliphatic rings. The van der Waals surface area contributed by atoms with Crippen LogP contribution in [0.4, 0.5) is 4.79 Å². The first kappa shape index (κ1) is 8.58. The number of nitrogens with zero attached hydrogens (tertiary/aromatic N) is 1. The fourth-order valence-corrected chi connectivity index (χ4v) is 0.743. The van der Waals surface area contributed by atoms with Crippen LogP contribution in [0.2, 0.25) is 0 Å². The normalized spacial score (nSPS) is 15.7. The van der Waals surface area contributed by atoms with Gasteiger partial charge in [-0.25, -0.2) is 9.59 Å². The number of carbonyl (C=O) groups is 2. The van der Waals surface area contributed by atoms with Crippen molar-refractivity contribution in [1.82, 2.24) is 4.90 Å². The monoisotopic (exact) mass is 171 g/mol. The number of carbonyl (C=O) groups excluding carboxylic acids is 2. The molecule has 0 unspecified atom stereocenters. The minimum Gasteiger partial charge on any atom is -0.447 e. The van der Waals surface area contributed by atoms with Gasteiger partial charge in [0.15, 0.2) is 6.73 Å². The van der Waals surface area contributed by atoms with Crippen LogP contribution in [-0.4, -0.2) is 36.8 Å². The minimum absolute atomic E-state index is 0.0658. The van der Waals surface area contributed by atoms with Crippen molar-refractivity contribution >= 4 is 12.1 Å². The Hall–Kier alpha value is -1.52. The number of rotatable bonds is 3. The Labute approximate surface area is 69.5 Å². The van der Waals surface area contributed by atoms with Gasteiger partial charge in [0.05, 0.1) is 6.54 Å². The summed E-state index contributed by atoms with van der Waals surface area (Å²) in [6, 6.07) is 0. The second-order valence-corrected chi connectivity index (χ2v) is 2.17. The van der Waals surface area contributed by atoms with E-state index in [1.165, 1.54) is 4.90 Å². The van der Waals surface area contributed by atoms with E-state index in [0.29, 0.717) is 13.2 Å². The SMILES string of the molecule is C=CC(=O)OCN1CCOC1=O. The lowest BCUT2D eigenvalue weighted by atomic mass is 10.6. The van der Waals surface area contributed by atoms with Crippen LogP contribution in [0.5, 0.6) is 0 Å². The van der Waals surface area contributed by atoms with E-state index in [4.69, 9.17) is 0 Å². The largest absolute Gasteiger partial charge is 0.447 e. The summed E-state index contributed by atoms with van der Waals surface area (Å²) in [5.41, 5.74) is 0. The molecule has 1 aliphatic heterocycles. The number of esters is 1. The average Bonchev–Trinajstić information content (AvgIpc) is 2.47. The molecule has 0 aliphatic carbocycles. The van der Waals surface area contributed by atoms with E-state index < -0.39 is 12.1 Å². The second kappa shape index (κ2) is 3.75. The Morgan fingerprint density at radius 2 is 2.58 bits per heavy atom. The van der Waals surface area contributed by atoms with Crippen LogP contribution in [0, 0.1) is 0 Å². The molecular formula is C7H9NO4. The molecule has 0 aromatic rings. The molecule has 5 nitrogen and oxygen atoms in total. The van der Waals surface area contributed by atoms with Gasteiger partial charge in [0, 0.05) is 6.08 Å². The van der Waals surface area contributed by atoms with E-state index >= 15 is 0 Å². The van der Waals surface area contributed by atoms with Gasteiger partial charge in [-0.3, -0.25) is 4.90 Å². The van der Waals surface area contributed by atoms with Crippen LogP contribution in [0.15, 0.2) is 12.7 Å². The van der Waals surface area contributed by atoms with Crippen molar-refractivity contribution in [2.75, 3.05) is 19.9 Å². The average molecular weight is 171 g/mol.